The largest absolute Gasteiger partial charge is 0.325 e. The predicted molar refractivity (Wildman–Crippen MR) is 76.0 cm³/mol. The average Bonchev–Trinajstić information content (AvgIpc) is 2.35. The Labute approximate surface area is 119 Å². The van der Waals surface area contributed by atoms with Crippen LogP contribution in [0.2, 0.25) is 5.02 Å². The third-order valence-corrected chi connectivity index (χ3v) is 3.21. The van der Waals surface area contributed by atoms with Crippen LogP contribution in [-0.4, -0.2) is 11.5 Å². The quantitative estimate of drug-likeness (QED) is 0.804. The van der Waals surface area contributed by atoms with Gasteiger partial charge in [-0.05, 0) is 53.2 Å². The van der Waals surface area contributed by atoms with Crippen molar-refractivity contribution in [3.63, 3.8) is 0 Å². The van der Waals surface area contributed by atoms with Crippen LogP contribution in [0.1, 0.15) is 6.92 Å². The summed E-state index contributed by atoms with van der Waals surface area (Å²) in [5, 5.41) is 0.551. The summed E-state index contributed by atoms with van der Waals surface area (Å²) < 4.78 is 13.7. The monoisotopic (exact) mass is 328 g/mol. The molecule has 0 spiro atoms. The molecule has 0 aliphatic heterocycles. The fraction of sp³-hybridized carbons (Fsp3) is 0.154. The van der Waals surface area contributed by atoms with Crippen LogP contribution >= 0.6 is 27.5 Å². The fourth-order valence-corrected chi connectivity index (χ4v) is 2.41. The van der Waals surface area contributed by atoms with Gasteiger partial charge >= 0.3 is 0 Å². The summed E-state index contributed by atoms with van der Waals surface area (Å²) in [5.41, 5.74) is 0.857. The number of hydrogen-bond acceptors (Lipinski definition) is 2. The Bertz CT molecular complexity index is 545. The highest BCUT2D eigenvalue weighted by molar-refractivity contribution is 9.10. The molecule has 0 amide bonds. The van der Waals surface area contributed by atoms with Crippen LogP contribution in [-0.2, 0) is 0 Å². The number of pyridine rings is 1. The summed E-state index contributed by atoms with van der Waals surface area (Å²) in [6.07, 6.45) is 1.69. The minimum absolute atomic E-state index is 0.260. The molecule has 0 aliphatic rings. The van der Waals surface area contributed by atoms with E-state index < -0.39 is 0 Å². The minimum Gasteiger partial charge on any atom is -0.325 e. The Balaban J connectivity index is 2.41. The maximum atomic E-state index is 12.9. The van der Waals surface area contributed by atoms with Crippen molar-refractivity contribution >= 4 is 39.0 Å². The SMILES string of the molecule is CCN(c1ccc(F)cc1)c1ncc(Br)cc1Cl. The van der Waals surface area contributed by atoms with Gasteiger partial charge < -0.3 is 4.90 Å². The van der Waals surface area contributed by atoms with Gasteiger partial charge in [0.2, 0.25) is 0 Å². The molecule has 0 radical (unpaired) electrons. The molecule has 0 atom stereocenters. The van der Waals surface area contributed by atoms with Crippen molar-refractivity contribution in [2.75, 3.05) is 11.4 Å². The molecule has 5 heteroatoms. The molecule has 0 fully saturated rings. The van der Waals surface area contributed by atoms with Gasteiger partial charge in [-0.2, -0.15) is 0 Å². The molecule has 2 aromatic rings. The number of benzene rings is 1. The lowest BCUT2D eigenvalue weighted by Gasteiger charge is -2.23. The average molecular weight is 330 g/mol. The molecule has 1 heterocycles. The van der Waals surface area contributed by atoms with E-state index in [0.29, 0.717) is 17.4 Å². The highest BCUT2D eigenvalue weighted by Gasteiger charge is 2.12. The first-order valence-corrected chi connectivity index (χ1v) is 6.63. The number of nitrogens with zero attached hydrogens (tertiary/aromatic N) is 2. The standard InChI is InChI=1S/C13H11BrClFN2/c1-2-18(11-5-3-10(16)4-6-11)13-12(15)7-9(14)8-17-13/h3-8H,2H2,1H3. The molecule has 0 saturated heterocycles. The van der Waals surface area contributed by atoms with Crippen molar-refractivity contribution in [3.05, 3.63) is 51.8 Å². The predicted octanol–water partition coefficient (Wildman–Crippen LogP) is 4.79. The van der Waals surface area contributed by atoms with Gasteiger partial charge in [0.05, 0.1) is 5.02 Å². The molecule has 0 unspecified atom stereocenters. The van der Waals surface area contributed by atoms with Crippen LogP contribution in [0.4, 0.5) is 15.9 Å². The number of anilines is 2. The molecule has 2 rings (SSSR count). The van der Waals surface area contributed by atoms with E-state index in [-0.39, 0.29) is 5.82 Å². The first kappa shape index (κ1) is 13.3. The topological polar surface area (TPSA) is 16.1 Å². The number of rotatable bonds is 3. The Morgan fingerprint density at radius 3 is 2.56 bits per heavy atom. The maximum absolute atomic E-state index is 12.9. The van der Waals surface area contributed by atoms with E-state index in [1.165, 1.54) is 12.1 Å². The van der Waals surface area contributed by atoms with Crippen LogP contribution in [0.25, 0.3) is 0 Å². The molecule has 18 heavy (non-hydrogen) atoms. The van der Waals surface area contributed by atoms with E-state index in [2.05, 4.69) is 20.9 Å². The summed E-state index contributed by atoms with van der Waals surface area (Å²) in [7, 11) is 0. The van der Waals surface area contributed by atoms with E-state index in [9.17, 15) is 4.39 Å². The van der Waals surface area contributed by atoms with Crippen LogP contribution in [0.15, 0.2) is 41.0 Å². The number of halogens is 3. The Hall–Kier alpha value is -1.13. The van der Waals surface area contributed by atoms with Crippen LogP contribution in [0.5, 0.6) is 0 Å². The van der Waals surface area contributed by atoms with Gasteiger partial charge in [0.25, 0.3) is 0 Å². The zero-order valence-electron chi connectivity index (χ0n) is 9.70. The summed E-state index contributed by atoms with van der Waals surface area (Å²) >= 11 is 9.49. The number of hydrogen-bond donors (Lipinski definition) is 0. The van der Waals surface area contributed by atoms with Crippen molar-refractivity contribution in [2.45, 2.75) is 6.92 Å². The van der Waals surface area contributed by atoms with Gasteiger partial charge in [-0.1, -0.05) is 11.6 Å². The summed E-state index contributed by atoms with van der Waals surface area (Å²) in [5.74, 6) is 0.402. The Morgan fingerprint density at radius 2 is 2.00 bits per heavy atom. The molecule has 0 N–H and O–H groups in total. The van der Waals surface area contributed by atoms with Crippen LogP contribution < -0.4 is 4.90 Å². The summed E-state index contributed by atoms with van der Waals surface area (Å²) in [4.78, 5) is 6.23. The fourth-order valence-electron chi connectivity index (χ4n) is 1.68. The normalized spacial score (nSPS) is 10.4. The molecular formula is C13H11BrClFN2. The second kappa shape index (κ2) is 5.67. The smallest absolute Gasteiger partial charge is 0.151 e. The zero-order chi connectivity index (χ0) is 13.1. The van der Waals surface area contributed by atoms with Gasteiger partial charge in [-0.25, -0.2) is 9.37 Å². The van der Waals surface area contributed by atoms with E-state index in [1.54, 1.807) is 24.4 Å². The summed E-state index contributed by atoms with van der Waals surface area (Å²) in [6.45, 7) is 2.68. The van der Waals surface area contributed by atoms with E-state index in [4.69, 9.17) is 11.6 Å². The van der Waals surface area contributed by atoms with Gasteiger partial charge in [0, 0.05) is 22.9 Å². The first-order valence-electron chi connectivity index (χ1n) is 5.46. The van der Waals surface area contributed by atoms with E-state index in [1.807, 2.05) is 11.8 Å². The van der Waals surface area contributed by atoms with Gasteiger partial charge in [0.15, 0.2) is 5.82 Å². The molecule has 94 valence electrons. The van der Waals surface area contributed by atoms with Crippen LogP contribution in [0, 0.1) is 5.82 Å². The molecule has 0 saturated carbocycles. The van der Waals surface area contributed by atoms with E-state index in [0.717, 1.165) is 10.2 Å². The lowest BCUT2D eigenvalue weighted by molar-refractivity contribution is 0.628. The maximum Gasteiger partial charge on any atom is 0.151 e. The lowest BCUT2D eigenvalue weighted by atomic mass is 10.2. The second-order valence-electron chi connectivity index (χ2n) is 3.68. The summed E-state index contributed by atoms with van der Waals surface area (Å²) in [6, 6.07) is 8.04. The molecular weight excluding hydrogens is 319 g/mol. The molecule has 0 aliphatic carbocycles. The van der Waals surface area contributed by atoms with Crippen molar-refractivity contribution in [1.82, 2.24) is 4.98 Å². The van der Waals surface area contributed by atoms with Crippen molar-refractivity contribution in [2.24, 2.45) is 0 Å². The molecule has 1 aromatic carbocycles. The zero-order valence-corrected chi connectivity index (χ0v) is 12.0. The van der Waals surface area contributed by atoms with Gasteiger partial charge in [0.1, 0.15) is 5.82 Å². The number of aromatic nitrogens is 1. The Morgan fingerprint density at radius 1 is 1.33 bits per heavy atom. The Kier molecular flexibility index (Phi) is 4.19. The highest BCUT2D eigenvalue weighted by atomic mass is 79.9. The van der Waals surface area contributed by atoms with Crippen molar-refractivity contribution in [1.29, 1.82) is 0 Å². The van der Waals surface area contributed by atoms with E-state index >= 15 is 0 Å². The van der Waals surface area contributed by atoms with Crippen molar-refractivity contribution < 1.29 is 4.39 Å². The van der Waals surface area contributed by atoms with Gasteiger partial charge in [-0.3, -0.25) is 0 Å². The molecule has 0 bridgehead atoms. The third kappa shape index (κ3) is 2.82. The highest BCUT2D eigenvalue weighted by Crippen LogP contribution is 2.31. The first-order chi connectivity index (χ1) is 8.61. The lowest BCUT2D eigenvalue weighted by Crippen LogP contribution is -2.17. The molecule has 1 aromatic heterocycles. The molecule has 2 nitrogen and oxygen atoms in total. The van der Waals surface area contributed by atoms with Crippen LogP contribution in [0.3, 0.4) is 0 Å². The second-order valence-corrected chi connectivity index (χ2v) is 5.00. The third-order valence-electron chi connectivity index (χ3n) is 2.50. The van der Waals surface area contributed by atoms with Crippen molar-refractivity contribution in [3.8, 4) is 0 Å². The minimum atomic E-state index is -0.260. The van der Waals surface area contributed by atoms with Gasteiger partial charge in [-0.15, -0.1) is 0 Å².